The van der Waals surface area contributed by atoms with Crippen LogP contribution in [0.1, 0.15) is 28.9 Å². The predicted molar refractivity (Wildman–Crippen MR) is 87.5 cm³/mol. The summed E-state index contributed by atoms with van der Waals surface area (Å²) in [4.78, 5) is 24.5. The summed E-state index contributed by atoms with van der Waals surface area (Å²) in [6.07, 6.45) is 1.93. The first kappa shape index (κ1) is 17.3. The number of imide groups is 1. The second kappa shape index (κ2) is 8.55. The minimum Gasteiger partial charge on any atom is -0.381 e. The summed E-state index contributed by atoms with van der Waals surface area (Å²) < 4.78 is 15.8. The summed E-state index contributed by atoms with van der Waals surface area (Å²) in [6, 6.07) is 11.0. The van der Waals surface area contributed by atoms with E-state index in [0.717, 1.165) is 12.0 Å². The van der Waals surface area contributed by atoms with Crippen LogP contribution in [0.4, 0.5) is 0 Å². The number of carbonyl (C=O) groups excluding carboxylic acids is 2. The fraction of sp³-hybridized carbons (Fsp3) is 0.389. The molecule has 1 aromatic carbocycles. The van der Waals surface area contributed by atoms with Crippen LogP contribution in [-0.4, -0.2) is 36.3 Å². The Morgan fingerprint density at radius 2 is 2.12 bits per heavy atom. The molecule has 1 saturated heterocycles. The van der Waals surface area contributed by atoms with Crippen molar-refractivity contribution < 1.29 is 23.6 Å². The number of nitrogens with one attached hydrogen (secondary N) is 1. The molecule has 1 fully saturated rings. The zero-order valence-corrected chi connectivity index (χ0v) is 13.7. The zero-order chi connectivity index (χ0) is 17.5. The number of nitrogens with zero attached hydrogens (tertiary/aromatic N) is 1. The third-order valence-electron chi connectivity index (χ3n) is 4.07. The molecule has 2 aromatic rings. The molecule has 0 bridgehead atoms. The third kappa shape index (κ3) is 4.98. The van der Waals surface area contributed by atoms with Gasteiger partial charge in [0, 0.05) is 19.3 Å². The molecule has 0 radical (unpaired) electrons. The molecule has 132 valence electrons. The first-order valence-corrected chi connectivity index (χ1v) is 8.21. The number of amides is 2. The van der Waals surface area contributed by atoms with Crippen molar-refractivity contribution in [3.63, 3.8) is 0 Å². The minimum atomic E-state index is -0.734. The molecule has 1 aromatic heterocycles. The van der Waals surface area contributed by atoms with Crippen LogP contribution >= 0.6 is 0 Å². The van der Waals surface area contributed by atoms with E-state index >= 15 is 0 Å². The van der Waals surface area contributed by atoms with Gasteiger partial charge in [0.25, 0.3) is 11.8 Å². The van der Waals surface area contributed by atoms with E-state index in [9.17, 15) is 9.59 Å². The number of benzene rings is 1. The SMILES string of the molecule is O=C(NC(=O)C(CC1CCOC1)OCc1ccccc1)c1ccon1. The van der Waals surface area contributed by atoms with E-state index in [-0.39, 0.29) is 11.6 Å². The molecule has 2 heterocycles. The summed E-state index contributed by atoms with van der Waals surface area (Å²) in [5.41, 5.74) is 1.02. The minimum absolute atomic E-state index is 0.0550. The van der Waals surface area contributed by atoms with Crippen molar-refractivity contribution in [1.29, 1.82) is 0 Å². The van der Waals surface area contributed by atoms with E-state index in [4.69, 9.17) is 9.47 Å². The monoisotopic (exact) mass is 344 g/mol. The number of hydrogen-bond acceptors (Lipinski definition) is 6. The number of aromatic nitrogens is 1. The van der Waals surface area contributed by atoms with Gasteiger partial charge >= 0.3 is 0 Å². The number of ether oxygens (including phenoxy) is 2. The van der Waals surface area contributed by atoms with Gasteiger partial charge in [-0.15, -0.1) is 0 Å². The molecular weight excluding hydrogens is 324 g/mol. The molecule has 2 atom stereocenters. The summed E-state index contributed by atoms with van der Waals surface area (Å²) in [6.45, 7) is 1.59. The molecule has 0 spiro atoms. The Morgan fingerprint density at radius 3 is 2.80 bits per heavy atom. The Morgan fingerprint density at radius 1 is 1.28 bits per heavy atom. The van der Waals surface area contributed by atoms with E-state index in [1.54, 1.807) is 0 Å². The first-order valence-electron chi connectivity index (χ1n) is 8.21. The lowest BCUT2D eigenvalue weighted by molar-refractivity contribution is -0.133. The highest BCUT2D eigenvalue weighted by atomic mass is 16.5. The van der Waals surface area contributed by atoms with Crippen LogP contribution in [0.3, 0.4) is 0 Å². The van der Waals surface area contributed by atoms with Gasteiger partial charge in [0.05, 0.1) is 6.61 Å². The molecular formula is C18H20N2O5. The van der Waals surface area contributed by atoms with Crippen molar-refractivity contribution in [1.82, 2.24) is 10.5 Å². The second-order valence-electron chi connectivity index (χ2n) is 5.95. The van der Waals surface area contributed by atoms with Crippen LogP contribution in [0, 0.1) is 5.92 Å². The fourth-order valence-electron chi connectivity index (χ4n) is 2.68. The molecule has 0 aliphatic carbocycles. The molecule has 25 heavy (non-hydrogen) atoms. The average Bonchev–Trinajstić information content (AvgIpc) is 3.33. The Hall–Kier alpha value is -2.51. The standard InChI is InChI=1S/C18H20N2O5/c21-17(15-7-9-25-20-15)19-18(22)16(10-14-6-8-23-11-14)24-12-13-4-2-1-3-5-13/h1-5,7,9,14,16H,6,8,10-12H2,(H,19,21,22). The van der Waals surface area contributed by atoms with Gasteiger partial charge in [-0.3, -0.25) is 14.9 Å². The van der Waals surface area contributed by atoms with Gasteiger partial charge in [-0.05, 0) is 24.3 Å². The summed E-state index contributed by atoms with van der Waals surface area (Å²) >= 11 is 0. The number of rotatable bonds is 7. The summed E-state index contributed by atoms with van der Waals surface area (Å²) in [7, 11) is 0. The van der Waals surface area contributed by atoms with Crippen molar-refractivity contribution >= 4 is 11.8 Å². The second-order valence-corrected chi connectivity index (χ2v) is 5.95. The Balaban J connectivity index is 1.61. The maximum absolute atomic E-state index is 12.5. The van der Waals surface area contributed by atoms with Crippen molar-refractivity contribution in [3.8, 4) is 0 Å². The van der Waals surface area contributed by atoms with E-state index in [1.165, 1.54) is 12.3 Å². The van der Waals surface area contributed by atoms with E-state index in [0.29, 0.717) is 26.2 Å². The van der Waals surface area contributed by atoms with Crippen LogP contribution in [0.2, 0.25) is 0 Å². The van der Waals surface area contributed by atoms with Crippen LogP contribution < -0.4 is 5.32 Å². The van der Waals surface area contributed by atoms with Crippen LogP contribution in [0.25, 0.3) is 0 Å². The van der Waals surface area contributed by atoms with Gasteiger partial charge in [-0.25, -0.2) is 0 Å². The van der Waals surface area contributed by atoms with Crippen LogP contribution in [0.5, 0.6) is 0 Å². The maximum Gasteiger partial charge on any atom is 0.280 e. The molecule has 2 unspecified atom stereocenters. The quantitative estimate of drug-likeness (QED) is 0.825. The lowest BCUT2D eigenvalue weighted by atomic mass is 10.00. The molecule has 0 saturated carbocycles. The number of carbonyl (C=O) groups is 2. The largest absolute Gasteiger partial charge is 0.381 e. The summed E-state index contributed by atoms with van der Waals surface area (Å²) in [5.74, 6) is -0.834. The lowest BCUT2D eigenvalue weighted by Gasteiger charge is -2.19. The van der Waals surface area contributed by atoms with Crippen molar-refractivity contribution in [2.45, 2.75) is 25.6 Å². The van der Waals surface area contributed by atoms with Crippen molar-refractivity contribution in [3.05, 3.63) is 53.9 Å². The molecule has 3 rings (SSSR count). The van der Waals surface area contributed by atoms with Crippen molar-refractivity contribution in [2.24, 2.45) is 5.92 Å². The van der Waals surface area contributed by atoms with Crippen molar-refractivity contribution in [2.75, 3.05) is 13.2 Å². The third-order valence-corrected chi connectivity index (χ3v) is 4.07. The Labute approximate surface area is 145 Å². The van der Waals surface area contributed by atoms with E-state index in [1.807, 2.05) is 30.3 Å². The molecule has 1 aliphatic heterocycles. The lowest BCUT2D eigenvalue weighted by Crippen LogP contribution is -2.41. The first-order chi connectivity index (χ1) is 12.2. The highest BCUT2D eigenvalue weighted by Gasteiger charge is 2.28. The molecule has 7 heteroatoms. The van der Waals surface area contributed by atoms with Gasteiger partial charge in [0.1, 0.15) is 12.4 Å². The van der Waals surface area contributed by atoms with Crippen LogP contribution in [0.15, 0.2) is 47.2 Å². The molecule has 1 aliphatic rings. The Kier molecular flexibility index (Phi) is 5.92. The van der Waals surface area contributed by atoms with Gasteiger partial charge in [-0.1, -0.05) is 35.5 Å². The maximum atomic E-state index is 12.5. The van der Waals surface area contributed by atoms with E-state index < -0.39 is 17.9 Å². The average molecular weight is 344 g/mol. The van der Waals surface area contributed by atoms with E-state index in [2.05, 4.69) is 15.0 Å². The number of hydrogen-bond donors (Lipinski definition) is 1. The summed E-state index contributed by atoms with van der Waals surface area (Å²) in [5, 5.41) is 5.85. The highest BCUT2D eigenvalue weighted by Crippen LogP contribution is 2.20. The molecule has 1 N–H and O–H groups in total. The van der Waals surface area contributed by atoms with Gasteiger partial charge in [-0.2, -0.15) is 0 Å². The molecule has 2 amide bonds. The van der Waals surface area contributed by atoms with Gasteiger partial charge in [0.2, 0.25) is 0 Å². The predicted octanol–water partition coefficient (Wildman–Crippen LogP) is 1.94. The normalized spacial score (nSPS) is 18.0. The fourth-order valence-corrected chi connectivity index (χ4v) is 2.68. The smallest absolute Gasteiger partial charge is 0.280 e. The zero-order valence-electron chi connectivity index (χ0n) is 13.7. The van der Waals surface area contributed by atoms with Gasteiger partial charge < -0.3 is 14.0 Å². The topological polar surface area (TPSA) is 90.7 Å². The highest BCUT2D eigenvalue weighted by molar-refractivity contribution is 6.04. The Bertz CT molecular complexity index is 681. The molecule has 7 nitrogen and oxygen atoms in total. The van der Waals surface area contributed by atoms with Gasteiger partial charge in [0.15, 0.2) is 5.69 Å². The van der Waals surface area contributed by atoms with Crippen LogP contribution in [-0.2, 0) is 20.9 Å².